The molecule has 1 aliphatic heterocycles. The molecule has 1 aliphatic rings. The van der Waals surface area contributed by atoms with Crippen molar-refractivity contribution in [2.24, 2.45) is 7.05 Å². The van der Waals surface area contributed by atoms with Gasteiger partial charge in [0.2, 0.25) is 0 Å². The lowest BCUT2D eigenvalue weighted by atomic mass is 9.99. The molecule has 1 aromatic heterocycles. The van der Waals surface area contributed by atoms with Gasteiger partial charge in [-0.3, -0.25) is 9.13 Å². The van der Waals surface area contributed by atoms with Crippen LogP contribution in [0.25, 0.3) is 38.6 Å². The van der Waals surface area contributed by atoms with Crippen LogP contribution in [0.5, 0.6) is 0 Å². The van der Waals surface area contributed by atoms with Gasteiger partial charge in [-0.15, -0.1) is 0 Å². The van der Waals surface area contributed by atoms with Crippen LogP contribution in [0.3, 0.4) is 0 Å². The maximum absolute atomic E-state index is 13.5. The summed E-state index contributed by atoms with van der Waals surface area (Å²) in [5.74, 6) is 0. The first-order valence-corrected chi connectivity index (χ1v) is 12.2. The Hall–Kier alpha value is -4.85. The van der Waals surface area contributed by atoms with E-state index in [1.807, 2.05) is 60.7 Å². The Morgan fingerprint density at radius 3 is 2.43 bits per heavy atom. The van der Waals surface area contributed by atoms with Gasteiger partial charge in [0.1, 0.15) is 6.07 Å². The fourth-order valence-electron chi connectivity index (χ4n) is 5.27. The number of hydrogen-bond acceptors (Lipinski definition) is 5. The van der Waals surface area contributed by atoms with Crippen LogP contribution in [0.2, 0.25) is 0 Å². The zero-order chi connectivity index (χ0) is 25.5. The van der Waals surface area contributed by atoms with E-state index in [4.69, 9.17) is 0 Å². The van der Waals surface area contributed by atoms with Gasteiger partial charge in [-0.05, 0) is 59.0 Å². The molecule has 1 N–H and O–H groups in total. The van der Waals surface area contributed by atoms with E-state index in [-0.39, 0.29) is 5.69 Å². The van der Waals surface area contributed by atoms with E-state index in [1.54, 1.807) is 22.2 Å². The van der Waals surface area contributed by atoms with Crippen LogP contribution in [0.15, 0.2) is 77.6 Å². The van der Waals surface area contributed by atoms with Gasteiger partial charge in [0.25, 0.3) is 0 Å². The molecule has 0 saturated carbocycles. The highest BCUT2D eigenvalue weighted by molar-refractivity contribution is 6.06. The monoisotopic (exact) mass is 484 g/mol. The Morgan fingerprint density at radius 1 is 0.865 bits per heavy atom. The minimum absolute atomic E-state index is 0.168. The Balaban J connectivity index is 1.58. The number of aromatic nitrogens is 2. The van der Waals surface area contributed by atoms with Gasteiger partial charge in [-0.25, -0.2) is 4.79 Å². The maximum atomic E-state index is 13.5. The van der Waals surface area contributed by atoms with Crippen molar-refractivity contribution in [1.29, 1.82) is 10.5 Å². The molecule has 2 heterocycles. The van der Waals surface area contributed by atoms with Crippen molar-refractivity contribution in [2.75, 3.05) is 31.1 Å². The zero-order valence-corrected chi connectivity index (χ0v) is 20.4. The zero-order valence-electron chi connectivity index (χ0n) is 20.4. The van der Waals surface area contributed by atoms with Crippen LogP contribution in [0, 0.1) is 22.7 Å². The molecule has 0 radical (unpaired) electrons. The van der Waals surface area contributed by atoms with Gasteiger partial charge in [0, 0.05) is 38.6 Å². The van der Waals surface area contributed by atoms with E-state index >= 15 is 0 Å². The Labute approximate surface area is 214 Å². The summed E-state index contributed by atoms with van der Waals surface area (Å²) in [6, 6.07) is 27.9. The second-order valence-corrected chi connectivity index (χ2v) is 9.29. The lowest BCUT2D eigenvalue weighted by Gasteiger charge is -2.30. The van der Waals surface area contributed by atoms with E-state index in [0.717, 1.165) is 64.8 Å². The number of rotatable bonds is 3. The molecule has 5 aromatic rings. The van der Waals surface area contributed by atoms with Gasteiger partial charge in [0.05, 0.1) is 39.6 Å². The van der Waals surface area contributed by atoms with Gasteiger partial charge < -0.3 is 10.2 Å². The van der Waals surface area contributed by atoms with E-state index in [0.29, 0.717) is 16.8 Å². The van der Waals surface area contributed by atoms with Crippen molar-refractivity contribution < 1.29 is 0 Å². The van der Waals surface area contributed by atoms with Crippen molar-refractivity contribution in [2.45, 2.75) is 0 Å². The van der Waals surface area contributed by atoms with Crippen molar-refractivity contribution in [3.8, 4) is 29.0 Å². The Kier molecular flexibility index (Phi) is 5.49. The Bertz CT molecular complexity index is 1830. The van der Waals surface area contributed by atoms with Crippen LogP contribution in [-0.2, 0) is 7.05 Å². The number of fused-ring (bicyclic) bond motifs is 3. The molecule has 0 atom stereocenters. The summed E-state index contributed by atoms with van der Waals surface area (Å²) in [6.07, 6.45) is 0. The third-order valence-electron chi connectivity index (χ3n) is 7.18. The molecule has 0 amide bonds. The van der Waals surface area contributed by atoms with Crippen molar-refractivity contribution in [1.82, 2.24) is 14.5 Å². The first-order valence-electron chi connectivity index (χ1n) is 12.2. The number of hydrogen-bond donors (Lipinski definition) is 1. The predicted molar refractivity (Wildman–Crippen MR) is 146 cm³/mol. The standard InChI is InChI=1S/C30H24N6O/c1-34-28-9-7-21-5-6-23(22-4-2-3-20(15-22)18-31)17-26(21)29(28)36(30(34)37)25-8-10-27(24(16-25)19-32)35-13-11-33-12-14-35/h2-10,15-17,33H,11-14H2,1H3. The van der Waals surface area contributed by atoms with E-state index < -0.39 is 0 Å². The van der Waals surface area contributed by atoms with Crippen LogP contribution >= 0.6 is 0 Å². The summed E-state index contributed by atoms with van der Waals surface area (Å²) in [6.45, 7) is 3.42. The number of nitrogens with one attached hydrogen (secondary N) is 1. The second-order valence-electron chi connectivity index (χ2n) is 9.29. The molecule has 4 aromatic carbocycles. The van der Waals surface area contributed by atoms with Crippen LogP contribution in [-0.4, -0.2) is 35.3 Å². The average molecular weight is 485 g/mol. The highest BCUT2D eigenvalue weighted by atomic mass is 16.1. The molecule has 0 spiro atoms. The summed E-state index contributed by atoms with van der Waals surface area (Å²) < 4.78 is 3.35. The normalized spacial score (nSPS) is 13.5. The molecule has 0 unspecified atom stereocenters. The molecule has 1 saturated heterocycles. The number of benzene rings is 4. The van der Waals surface area contributed by atoms with Gasteiger partial charge in [0.15, 0.2) is 0 Å². The minimum Gasteiger partial charge on any atom is -0.368 e. The largest absolute Gasteiger partial charge is 0.368 e. The first-order chi connectivity index (χ1) is 18.1. The summed E-state index contributed by atoms with van der Waals surface area (Å²) in [4.78, 5) is 15.8. The number of nitrogens with zero attached hydrogens (tertiary/aromatic N) is 5. The topological polar surface area (TPSA) is 89.8 Å². The molecular weight excluding hydrogens is 460 g/mol. The van der Waals surface area contributed by atoms with Crippen LogP contribution in [0.4, 0.5) is 5.69 Å². The number of nitriles is 2. The van der Waals surface area contributed by atoms with Gasteiger partial charge >= 0.3 is 5.69 Å². The summed E-state index contributed by atoms with van der Waals surface area (Å²) in [5, 5.41) is 24.6. The number of anilines is 1. The molecule has 7 nitrogen and oxygen atoms in total. The molecule has 0 aliphatic carbocycles. The summed E-state index contributed by atoms with van der Waals surface area (Å²) >= 11 is 0. The van der Waals surface area contributed by atoms with Crippen molar-refractivity contribution >= 4 is 27.5 Å². The molecule has 6 rings (SSSR count). The molecule has 0 bridgehead atoms. The molecular formula is C30H24N6O. The highest BCUT2D eigenvalue weighted by Gasteiger charge is 2.19. The summed E-state index contributed by atoms with van der Waals surface area (Å²) in [7, 11) is 1.77. The van der Waals surface area contributed by atoms with Crippen LogP contribution in [0.1, 0.15) is 11.1 Å². The number of imidazole rings is 1. The lowest BCUT2D eigenvalue weighted by molar-refractivity contribution is 0.589. The Morgan fingerprint density at radius 2 is 1.65 bits per heavy atom. The number of aryl methyl sites for hydroxylation is 1. The average Bonchev–Trinajstić information content (AvgIpc) is 3.22. The lowest BCUT2D eigenvalue weighted by Crippen LogP contribution is -2.43. The fraction of sp³-hybridized carbons (Fsp3) is 0.167. The molecule has 37 heavy (non-hydrogen) atoms. The third kappa shape index (κ3) is 3.74. The highest BCUT2D eigenvalue weighted by Crippen LogP contribution is 2.32. The molecule has 1 fully saturated rings. The maximum Gasteiger partial charge on any atom is 0.333 e. The van der Waals surface area contributed by atoms with E-state index in [1.165, 1.54) is 0 Å². The number of piperazine rings is 1. The van der Waals surface area contributed by atoms with Gasteiger partial charge in [-0.1, -0.05) is 30.3 Å². The molecule has 180 valence electrons. The third-order valence-corrected chi connectivity index (χ3v) is 7.18. The van der Waals surface area contributed by atoms with E-state index in [2.05, 4.69) is 28.4 Å². The van der Waals surface area contributed by atoms with Gasteiger partial charge in [-0.2, -0.15) is 10.5 Å². The minimum atomic E-state index is -0.168. The van der Waals surface area contributed by atoms with Crippen LogP contribution < -0.4 is 15.9 Å². The molecule has 7 heteroatoms. The van der Waals surface area contributed by atoms with Crippen molar-refractivity contribution in [3.63, 3.8) is 0 Å². The fourth-order valence-corrected chi connectivity index (χ4v) is 5.27. The SMILES string of the molecule is Cn1c(=O)n(-c2ccc(N3CCNCC3)c(C#N)c2)c2c3cc(-c4cccc(C#N)c4)ccc3ccc21. The van der Waals surface area contributed by atoms with E-state index in [9.17, 15) is 15.3 Å². The van der Waals surface area contributed by atoms with Crippen molar-refractivity contribution in [3.05, 3.63) is 94.4 Å². The smallest absolute Gasteiger partial charge is 0.333 e. The second kappa shape index (κ2) is 8.98. The predicted octanol–water partition coefficient (Wildman–Crippen LogP) is 4.30. The quantitative estimate of drug-likeness (QED) is 0.412. The summed E-state index contributed by atoms with van der Waals surface area (Å²) in [5.41, 5.74) is 6.05. The first kappa shape index (κ1) is 22.6.